The molecule has 3 unspecified atom stereocenters. The molecule has 2 rings (SSSR count). The predicted molar refractivity (Wildman–Crippen MR) is 71.5 cm³/mol. The van der Waals surface area contributed by atoms with E-state index in [4.69, 9.17) is 9.47 Å². The van der Waals surface area contributed by atoms with Crippen molar-refractivity contribution in [2.75, 3.05) is 20.3 Å². The molecule has 3 nitrogen and oxygen atoms in total. The van der Waals surface area contributed by atoms with Gasteiger partial charge in [0.25, 0.3) is 0 Å². The number of ether oxygens (including phenoxy) is 2. The van der Waals surface area contributed by atoms with Crippen LogP contribution in [0.2, 0.25) is 0 Å². The Morgan fingerprint density at radius 2 is 1.67 bits per heavy atom. The Morgan fingerprint density at radius 3 is 2.17 bits per heavy atom. The van der Waals surface area contributed by atoms with E-state index in [0.717, 1.165) is 37.5 Å². The Bertz CT molecular complexity index is 250. The summed E-state index contributed by atoms with van der Waals surface area (Å²) in [4.78, 5) is 0. The van der Waals surface area contributed by atoms with Crippen molar-refractivity contribution in [2.24, 2.45) is 17.8 Å². The van der Waals surface area contributed by atoms with E-state index in [1.807, 2.05) is 0 Å². The molecule has 1 aliphatic carbocycles. The van der Waals surface area contributed by atoms with Crippen molar-refractivity contribution in [3.63, 3.8) is 0 Å². The lowest BCUT2D eigenvalue weighted by Crippen LogP contribution is -2.52. The fraction of sp³-hybridized carbons (Fsp3) is 1.00. The minimum Gasteiger partial charge on any atom is -0.390 e. The maximum absolute atomic E-state index is 10.8. The molecule has 0 spiro atoms. The molecular formula is C15H28O3. The van der Waals surface area contributed by atoms with Gasteiger partial charge in [-0.2, -0.15) is 0 Å². The Morgan fingerprint density at radius 1 is 1.11 bits per heavy atom. The van der Waals surface area contributed by atoms with Crippen molar-refractivity contribution in [3.8, 4) is 0 Å². The van der Waals surface area contributed by atoms with Crippen LogP contribution in [0.5, 0.6) is 0 Å². The van der Waals surface area contributed by atoms with Crippen molar-refractivity contribution in [2.45, 2.75) is 57.7 Å². The zero-order chi connectivity index (χ0) is 13.2. The van der Waals surface area contributed by atoms with Gasteiger partial charge in [-0.1, -0.05) is 13.8 Å². The van der Waals surface area contributed by atoms with E-state index in [0.29, 0.717) is 19.1 Å². The summed E-state index contributed by atoms with van der Waals surface area (Å²) < 4.78 is 11.1. The number of hydrogen-bond acceptors (Lipinski definition) is 3. The van der Waals surface area contributed by atoms with E-state index in [1.165, 1.54) is 6.42 Å². The van der Waals surface area contributed by atoms with Crippen LogP contribution in [0.3, 0.4) is 0 Å². The van der Waals surface area contributed by atoms with Crippen LogP contribution in [0.15, 0.2) is 0 Å². The van der Waals surface area contributed by atoms with Gasteiger partial charge in [0.15, 0.2) is 0 Å². The van der Waals surface area contributed by atoms with Crippen LogP contribution < -0.4 is 0 Å². The van der Waals surface area contributed by atoms with Gasteiger partial charge in [0.05, 0.1) is 11.7 Å². The molecule has 106 valence electrons. The topological polar surface area (TPSA) is 38.7 Å². The van der Waals surface area contributed by atoms with Gasteiger partial charge in [0, 0.05) is 33.2 Å². The second-order valence-corrected chi connectivity index (χ2v) is 6.50. The highest BCUT2D eigenvalue weighted by Crippen LogP contribution is 2.41. The van der Waals surface area contributed by atoms with Gasteiger partial charge in [0.2, 0.25) is 0 Å². The summed E-state index contributed by atoms with van der Waals surface area (Å²) >= 11 is 0. The number of rotatable bonds is 3. The van der Waals surface area contributed by atoms with E-state index in [-0.39, 0.29) is 11.7 Å². The summed E-state index contributed by atoms with van der Waals surface area (Å²) in [6.07, 6.45) is 4.88. The first-order valence-electron chi connectivity index (χ1n) is 7.38. The zero-order valence-corrected chi connectivity index (χ0v) is 12.0. The fourth-order valence-electron chi connectivity index (χ4n) is 4.03. The lowest BCUT2D eigenvalue weighted by atomic mass is 9.69. The molecule has 1 saturated carbocycles. The molecule has 0 aromatic carbocycles. The third-order valence-corrected chi connectivity index (χ3v) is 4.95. The second kappa shape index (κ2) is 5.89. The highest BCUT2D eigenvalue weighted by atomic mass is 16.5. The summed E-state index contributed by atoms with van der Waals surface area (Å²) in [6, 6.07) is 0. The van der Waals surface area contributed by atoms with Gasteiger partial charge in [-0.3, -0.25) is 0 Å². The summed E-state index contributed by atoms with van der Waals surface area (Å²) in [6.45, 7) is 6.03. The molecule has 0 aromatic heterocycles. The van der Waals surface area contributed by atoms with Gasteiger partial charge in [-0.05, 0) is 37.0 Å². The molecule has 0 radical (unpaired) electrons. The summed E-state index contributed by atoms with van der Waals surface area (Å²) in [5, 5.41) is 10.8. The van der Waals surface area contributed by atoms with Crippen LogP contribution in [0.1, 0.15) is 46.0 Å². The summed E-state index contributed by atoms with van der Waals surface area (Å²) in [5.41, 5.74) is -0.361. The Kier molecular flexibility index (Phi) is 4.68. The monoisotopic (exact) mass is 256 g/mol. The van der Waals surface area contributed by atoms with Gasteiger partial charge >= 0.3 is 0 Å². The first-order chi connectivity index (χ1) is 8.57. The van der Waals surface area contributed by atoms with Crippen LogP contribution in [0.25, 0.3) is 0 Å². The third-order valence-electron chi connectivity index (χ3n) is 4.95. The minimum absolute atomic E-state index is 0.336. The molecule has 0 aromatic rings. The molecule has 1 N–H and O–H groups in total. The van der Waals surface area contributed by atoms with Crippen LogP contribution in [0.4, 0.5) is 0 Å². The molecule has 0 bridgehead atoms. The Labute approximate surface area is 111 Å². The van der Waals surface area contributed by atoms with Crippen molar-refractivity contribution in [1.82, 2.24) is 0 Å². The van der Waals surface area contributed by atoms with Crippen molar-refractivity contribution in [1.29, 1.82) is 0 Å². The number of aliphatic hydroxyl groups is 1. The first-order valence-corrected chi connectivity index (χ1v) is 7.38. The predicted octanol–water partition coefficient (Wildman–Crippen LogP) is 2.62. The zero-order valence-electron chi connectivity index (χ0n) is 12.0. The fourth-order valence-corrected chi connectivity index (χ4v) is 4.03. The number of aliphatic hydroxyl groups excluding tert-OH is 1. The van der Waals surface area contributed by atoms with Crippen LogP contribution in [-0.2, 0) is 9.47 Å². The number of hydrogen-bond donors (Lipinski definition) is 1. The molecular weight excluding hydrogens is 228 g/mol. The second-order valence-electron chi connectivity index (χ2n) is 6.50. The lowest BCUT2D eigenvalue weighted by Gasteiger charge is -2.45. The average molecular weight is 256 g/mol. The van der Waals surface area contributed by atoms with E-state index in [1.54, 1.807) is 7.11 Å². The van der Waals surface area contributed by atoms with E-state index in [9.17, 15) is 5.11 Å². The molecule has 3 atom stereocenters. The van der Waals surface area contributed by atoms with Crippen molar-refractivity contribution < 1.29 is 14.6 Å². The first kappa shape index (κ1) is 14.3. The highest BCUT2D eigenvalue weighted by molar-refractivity contribution is 4.95. The van der Waals surface area contributed by atoms with Gasteiger partial charge in [-0.25, -0.2) is 0 Å². The average Bonchev–Trinajstić information content (AvgIpc) is 2.37. The Balaban J connectivity index is 2.05. The number of methoxy groups -OCH3 is 1. The minimum atomic E-state index is -0.361. The molecule has 1 aliphatic heterocycles. The molecule has 0 amide bonds. The SMILES string of the molecule is COC1(C(O)C2CC(C)CC(C)C2)CCOCC1. The van der Waals surface area contributed by atoms with E-state index in [2.05, 4.69) is 13.8 Å². The van der Waals surface area contributed by atoms with Crippen molar-refractivity contribution >= 4 is 0 Å². The maximum atomic E-state index is 10.8. The third kappa shape index (κ3) is 2.89. The lowest BCUT2D eigenvalue weighted by molar-refractivity contribution is -0.173. The highest BCUT2D eigenvalue weighted by Gasteiger charge is 2.45. The standard InChI is InChI=1S/C15H28O3/c1-11-8-12(2)10-13(9-11)14(16)15(17-3)4-6-18-7-5-15/h11-14,16H,4-10H2,1-3H3. The summed E-state index contributed by atoms with van der Waals surface area (Å²) in [7, 11) is 1.74. The van der Waals surface area contributed by atoms with Crippen LogP contribution in [0, 0.1) is 17.8 Å². The maximum Gasteiger partial charge on any atom is 0.0982 e. The molecule has 2 aliphatic rings. The summed E-state index contributed by atoms with van der Waals surface area (Å²) in [5.74, 6) is 1.84. The van der Waals surface area contributed by atoms with Crippen LogP contribution in [-0.4, -0.2) is 37.1 Å². The molecule has 1 saturated heterocycles. The Hall–Kier alpha value is -0.120. The van der Waals surface area contributed by atoms with E-state index < -0.39 is 0 Å². The normalized spacial score (nSPS) is 38.3. The largest absolute Gasteiger partial charge is 0.390 e. The van der Waals surface area contributed by atoms with Gasteiger partial charge in [0.1, 0.15) is 0 Å². The van der Waals surface area contributed by atoms with Crippen LogP contribution >= 0.6 is 0 Å². The van der Waals surface area contributed by atoms with E-state index >= 15 is 0 Å². The smallest absolute Gasteiger partial charge is 0.0982 e. The quantitative estimate of drug-likeness (QED) is 0.843. The van der Waals surface area contributed by atoms with Crippen molar-refractivity contribution in [3.05, 3.63) is 0 Å². The molecule has 2 fully saturated rings. The molecule has 18 heavy (non-hydrogen) atoms. The molecule has 1 heterocycles. The molecule has 3 heteroatoms. The van der Waals surface area contributed by atoms with Gasteiger partial charge in [-0.15, -0.1) is 0 Å². The van der Waals surface area contributed by atoms with Gasteiger partial charge < -0.3 is 14.6 Å².